The number of aryl methyl sites for hydroxylation is 1. The second-order valence-electron chi connectivity index (χ2n) is 8.48. The van der Waals surface area contributed by atoms with Crippen molar-refractivity contribution in [3.63, 3.8) is 0 Å². The average molecular weight is 492 g/mol. The number of hydrogen-bond acceptors (Lipinski definition) is 5. The van der Waals surface area contributed by atoms with E-state index >= 15 is 0 Å². The Bertz CT molecular complexity index is 1240. The van der Waals surface area contributed by atoms with Gasteiger partial charge >= 0.3 is 0 Å². The lowest BCUT2D eigenvalue weighted by atomic mass is 9.95. The first-order chi connectivity index (χ1) is 15.6. The monoisotopic (exact) mass is 491 g/mol. The molecule has 1 saturated heterocycles. The minimum Gasteiger partial charge on any atom is -0.339 e. The molecule has 2 aliphatic heterocycles. The average Bonchev–Trinajstić information content (AvgIpc) is 2.83. The van der Waals surface area contributed by atoms with Crippen molar-refractivity contribution in [2.45, 2.75) is 37.8 Å². The molecule has 0 N–H and O–H groups in total. The number of nitrogens with zero attached hydrogens (tertiary/aromatic N) is 3. The number of piperazine rings is 1. The van der Waals surface area contributed by atoms with Crippen LogP contribution in [0.3, 0.4) is 0 Å². The van der Waals surface area contributed by atoms with Gasteiger partial charge in [0.1, 0.15) is 6.04 Å². The fourth-order valence-corrected chi connectivity index (χ4v) is 7.03. The molecule has 1 amide bonds. The molecule has 0 spiro atoms. The van der Waals surface area contributed by atoms with Crippen LogP contribution < -0.4 is 0 Å². The first kappa shape index (κ1) is 23.9. The van der Waals surface area contributed by atoms with Crippen molar-refractivity contribution in [2.75, 3.05) is 31.9 Å². The van der Waals surface area contributed by atoms with Gasteiger partial charge in [0.2, 0.25) is 26.0 Å². The molecule has 10 heteroatoms. The van der Waals surface area contributed by atoms with Gasteiger partial charge in [0, 0.05) is 32.7 Å². The first-order valence-corrected chi connectivity index (χ1v) is 14.1. The molecule has 1 unspecified atom stereocenters. The predicted molar refractivity (Wildman–Crippen MR) is 125 cm³/mol. The molecular formula is C23H29N3O5S2. The third-order valence-electron chi connectivity index (χ3n) is 6.42. The van der Waals surface area contributed by atoms with E-state index in [1.165, 1.54) is 8.61 Å². The lowest BCUT2D eigenvalue weighted by molar-refractivity contribution is -0.137. The second kappa shape index (κ2) is 9.17. The van der Waals surface area contributed by atoms with E-state index in [4.69, 9.17) is 0 Å². The van der Waals surface area contributed by atoms with E-state index in [2.05, 4.69) is 0 Å². The molecule has 2 aromatic carbocycles. The smallest absolute Gasteiger partial charge is 0.243 e. The Kier molecular flexibility index (Phi) is 6.63. The normalized spacial score (nSPS) is 20.4. The van der Waals surface area contributed by atoms with Gasteiger partial charge in [-0.3, -0.25) is 4.79 Å². The lowest BCUT2D eigenvalue weighted by Gasteiger charge is -2.40. The standard InChI is InChI=1S/C23H29N3O5S2/c1-3-32(28,29)26-17-20-7-5-4-6-19(20)16-22(26)23(27)24-12-14-25(15-13-24)33(30,31)21-10-8-18(2)9-11-21/h4-11,22H,3,12-17H2,1-2H3. The van der Waals surface area contributed by atoms with Gasteiger partial charge in [-0.2, -0.15) is 8.61 Å². The highest BCUT2D eigenvalue weighted by Gasteiger charge is 2.41. The third kappa shape index (κ3) is 4.70. The van der Waals surface area contributed by atoms with Crippen LogP contribution in [-0.4, -0.2) is 74.2 Å². The Morgan fingerprint density at radius 3 is 2.12 bits per heavy atom. The number of rotatable bonds is 5. The number of carbonyl (C=O) groups is 1. The van der Waals surface area contributed by atoms with Gasteiger partial charge < -0.3 is 4.90 Å². The molecule has 33 heavy (non-hydrogen) atoms. The maximum Gasteiger partial charge on any atom is 0.243 e. The van der Waals surface area contributed by atoms with Crippen LogP contribution in [0.1, 0.15) is 23.6 Å². The molecule has 8 nitrogen and oxygen atoms in total. The molecule has 178 valence electrons. The Balaban J connectivity index is 1.51. The van der Waals surface area contributed by atoms with E-state index in [1.807, 2.05) is 31.2 Å². The summed E-state index contributed by atoms with van der Waals surface area (Å²) in [5.41, 5.74) is 2.86. The SMILES string of the molecule is CCS(=O)(=O)N1Cc2ccccc2CC1C(=O)N1CCN(S(=O)(=O)c2ccc(C)cc2)CC1. The number of carbonyl (C=O) groups excluding carboxylic acids is 1. The summed E-state index contributed by atoms with van der Waals surface area (Å²) in [5.74, 6) is -0.351. The van der Waals surface area contributed by atoms with Crippen LogP contribution in [0.25, 0.3) is 0 Å². The fourth-order valence-electron chi connectivity index (χ4n) is 4.39. The van der Waals surface area contributed by atoms with Crippen molar-refractivity contribution in [2.24, 2.45) is 0 Å². The minimum absolute atomic E-state index is 0.0818. The van der Waals surface area contributed by atoms with Gasteiger partial charge in [0.05, 0.1) is 10.6 Å². The van der Waals surface area contributed by atoms with E-state index in [-0.39, 0.29) is 49.3 Å². The highest BCUT2D eigenvalue weighted by atomic mass is 32.2. The van der Waals surface area contributed by atoms with Crippen LogP contribution in [0.15, 0.2) is 53.4 Å². The molecule has 2 heterocycles. The van der Waals surface area contributed by atoms with Crippen molar-refractivity contribution in [1.82, 2.24) is 13.5 Å². The minimum atomic E-state index is -3.64. The maximum absolute atomic E-state index is 13.5. The predicted octanol–water partition coefficient (Wildman–Crippen LogP) is 1.60. The Labute approximate surface area is 195 Å². The zero-order chi connectivity index (χ0) is 23.8. The van der Waals surface area contributed by atoms with Crippen molar-refractivity contribution in [1.29, 1.82) is 0 Å². The molecule has 0 aromatic heterocycles. The van der Waals surface area contributed by atoms with Gasteiger partial charge in [0.25, 0.3) is 0 Å². The number of sulfonamides is 2. The summed E-state index contributed by atoms with van der Waals surface area (Å²) in [7, 11) is -7.23. The first-order valence-electron chi connectivity index (χ1n) is 11.1. The van der Waals surface area contributed by atoms with Crippen molar-refractivity contribution < 1.29 is 21.6 Å². The van der Waals surface area contributed by atoms with Crippen LogP contribution in [0.2, 0.25) is 0 Å². The third-order valence-corrected chi connectivity index (χ3v) is 10.2. The molecule has 2 aromatic rings. The summed E-state index contributed by atoms with van der Waals surface area (Å²) < 4.78 is 54.2. The van der Waals surface area contributed by atoms with E-state index < -0.39 is 26.1 Å². The van der Waals surface area contributed by atoms with Crippen LogP contribution in [0, 0.1) is 6.92 Å². The number of fused-ring (bicyclic) bond motifs is 1. The van der Waals surface area contributed by atoms with Crippen LogP contribution in [0.5, 0.6) is 0 Å². The number of amides is 1. The zero-order valence-electron chi connectivity index (χ0n) is 18.8. The van der Waals surface area contributed by atoms with Crippen molar-refractivity contribution >= 4 is 26.0 Å². The highest BCUT2D eigenvalue weighted by Crippen LogP contribution is 2.28. The van der Waals surface area contributed by atoms with Gasteiger partial charge in [-0.05, 0) is 43.5 Å². The zero-order valence-corrected chi connectivity index (χ0v) is 20.5. The largest absolute Gasteiger partial charge is 0.339 e. The Hall–Kier alpha value is -2.27. The van der Waals surface area contributed by atoms with Gasteiger partial charge in [-0.1, -0.05) is 42.0 Å². The van der Waals surface area contributed by atoms with Gasteiger partial charge in [-0.25, -0.2) is 16.8 Å². The molecule has 1 atom stereocenters. The summed E-state index contributed by atoms with van der Waals surface area (Å²) in [5, 5.41) is 0. The van der Waals surface area contributed by atoms with Crippen LogP contribution in [-0.2, 0) is 37.8 Å². The Morgan fingerprint density at radius 1 is 0.909 bits per heavy atom. The maximum atomic E-state index is 13.5. The quantitative estimate of drug-likeness (QED) is 0.633. The van der Waals surface area contributed by atoms with Gasteiger partial charge in [0.15, 0.2) is 0 Å². The summed E-state index contributed by atoms with van der Waals surface area (Å²) in [6, 6.07) is 13.5. The number of benzene rings is 2. The molecule has 1 fully saturated rings. The molecule has 0 saturated carbocycles. The van der Waals surface area contributed by atoms with Crippen molar-refractivity contribution in [3.05, 3.63) is 65.2 Å². The molecule has 2 aliphatic rings. The molecule has 0 bridgehead atoms. The summed E-state index contributed by atoms with van der Waals surface area (Å²) in [6.45, 7) is 4.44. The molecular weight excluding hydrogens is 462 g/mol. The fraction of sp³-hybridized carbons (Fsp3) is 0.435. The highest BCUT2D eigenvalue weighted by molar-refractivity contribution is 7.89. The molecule has 0 radical (unpaired) electrons. The van der Waals surface area contributed by atoms with E-state index in [9.17, 15) is 21.6 Å². The van der Waals surface area contributed by atoms with Crippen molar-refractivity contribution in [3.8, 4) is 0 Å². The summed E-state index contributed by atoms with van der Waals surface area (Å²) >= 11 is 0. The topological polar surface area (TPSA) is 95.1 Å². The summed E-state index contributed by atoms with van der Waals surface area (Å²) in [4.78, 5) is 15.3. The Morgan fingerprint density at radius 2 is 1.52 bits per heavy atom. The number of hydrogen-bond donors (Lipinski definition) is 0. The van der Waals surface area contributed by atoms with Crippen LogP contribution >= 0.6 is 0 Å². The molecule has 4 rings (SSSR count). The van der Waals surface area contributed by atoms with E-state index in [0.29, 0.717) is 6.42 Å². The molecule has 0 aliphatic carbocycles. The lowest BCUT2D eigenvalue weighted by Crippen LogP contribution is -2.58. The summed E-state index contributed by atoms with van der Waals surface area (Å²) in [6.07, 6.45) is 0.316. The van der Waals surface area contributed by atoms with Gasteiger partial charge in [-0.15, -0.1) is 0 Å². The van der Waals surface area contributed by atoms with E-state index in [1.54, 1.807) is 36.1 Å². The second-order valence-corrected chi connectivity index (χ2v) is 12.6. The van der Waals surface area contributed by atoms with E-state index in [0.717, 1.165) is 16.7 Å². The van der Waals surface area contributed by atoms with Crippen LogP contribution in [0.4, 0.5) is 0 Å².